The molecule has 2 aromatic rings. The lowest BCUT2D eigenvalue weighted by Crippen LogP contribution is -2.19. The quantitative estimate of drug-likeness (QED) is 0.912. The van der Waals surface area contributed by atoms with Gasteiger partial charge in [-0.2, -0.15) is 0 Å². The number of aryl methyl sites for hydroxylation is 3. The van der Waals surface area contributed by atoms with Crippen LogP contribution in [0, 0.1) is 20.8 Å². The summed E-state index contributed by atoms with van der Waals surface area (Å²) >= 11 is 0. The van der Waals surface area contributed by atoms with Crippen LogP contribution in [0.4, 0.5) is 5.69 Å². The lowest BCUT2D eigenvalue weighted by Gasteiger charge is -2.22. The van der Waals surface area contributed by atoms with E-state index in [4.69, 9.17) is 0 Å². The van der Waals surface area contributed by atoms with E-state index in [0.29, 0.717) is 0 Å². The molecule has 21 heavy (non-hydrogen) atoms. The largest absolute Gasteiger partial charge is 0.378 e. The molecule has 1 unspecified atom stereocenters. The molecule has 0 aliphatic heterocycles. The molecule has 1 atom stereocenters. The Labute approximate surface area is 128 Å². The number of nitrogens with one attached hydrogen (secondary N) is 1. The first-order valence-electron chi connectivity index (χ1n) is 7.46. The maximum absolute atomic E-state index is 3.46. The van der Waals surface area contributed by atoms with Crippen LogP contribution < -0.4 is 10.2 Å². The Morgan fingerprint density at radius 3 is 1.95 bits per heavy atom. The third-order valence-corrected chi connectivity index (χ3v) is 4.22. The molecular formula is C19H26N2. The Kier molecular flexibility index (Phi) is 4.69. The molecule has 0 heterocycles. The van der Waals surface area contributed by atoms with E-state index in [-0.39, 0.29) is 6.04 Å². The van der Waals surface area contributed by atoms with Gasteiger partial charge < -0.3 is 10.2 Å². The van der Waals surface area contributed by atoms with E-state index in [0.717, 1.165) is 0 Å². The summed E-state index contributed by atoms with van der Waals surface area (Å²) in [6.07, 6.45) is 0. The summed E-state index contributed by atoms with van der Waals surface area (Å²) in [4.78, 5) is 2.12. The SMILES string of the molecule is CNC(c1ccc(N(C)C)cc1)c1cc(C)c(C)cc1C. The summed E-state index contributed by atoms with van der Waals surface area (Å²) in [7, 11) is 6.16. The summed E-state index contributed by atoms with van der Waals surface area (Å²) in [5, 5.41) is 3.46. The summed E-state index contributed by atoms with van der Waals surface area (Å²) in [6, 6.07) is 13.6. The molecule has 0 radical (unpaired) electrons. The predicted molar refractivity (Wildman–Crippen MR) is 92.3 cm³/mol. The Morgan fingerprint density at radius 1 is 0.857 bits per heavy atom. The first-order chi connectivity index (χ1) is 9.93. The highest BCUT2D eigenvalue weighted by atomic mass is 15.1. The third-order valence-electron chi connectivity index (χ3n) is 4.22. The van der Waals surface area contributed by atoms with Gasteiger partial charge in [0.1, 0.15) is 0 Å². The minimum absolute atomic E-state index is 0.237. The first kappa shape index (κ1) is 15.6. The highest BCUT2D eigenvalue weighted by Gasteiger charge is 2.15. The number of rotatable bonds is 4. The van der Waals surface area contributed by atoms with Gasteiger partial charge in [0.2, 0.25) is 0 Å². The summed E-state index contributed by atoms with van der Waals surface area (Å²) in [5.41, 5.74) is 7.93. The van der Waals surface area contributed by atoms with Gasteiger partial charge in [0, 0.05) is 19.8 Å². The van der Waals surface area contributed by atoms with Crippen LogP contribution in [-0.2, 0) is 0 Å². The van der Waals surface area contributed by atoms with Crippen LogP contribution in [0.25, 0.3) is 0 Å². The van der Waals surface area contributed by atoms with E-state index >= 15 is 0 Å². The van der Waals surface area contributed by atoms with E-state index < -0.39 is 0 Å². The van der Waals surface area contributed by atoms with Crippen LogP contribution in [0.2, 0.25) is 0 Å². The summed E-state index contributed by atoms with van der Waals surface area (Å²) in [6.45, 7) is 6.55. The van der Waals surface area contributed by atoms with E-state index in [1.807, 2.05) is 7.05 Å². The lowest BCUT2D eigenvalue weighted by molar-refractivity contribution is 0.686. The van der Waals surface area contributed by atoms with Crippen molar-refractivity contribution in [1.82, 2.24) is 5.32 Å². The average molecular weight is 282 g/mol. The Morgan fingerprint density at radius 2 is 1.43 bits per heavy atom. The molecule has 0 aliphatic carbocycles. The molecule has 0 aliphatic rings. The molecule has 0 spiro atoms. The highest BCUT2D eigenvalue weighted by Crippen LogP contribution is 2.28. The molecular weight excluding hydrogens is 256 g/mol. The molecule has 0 saturated carbocycles. The van der Waals surface area contributed by atoms with Crippen molar-refractivity contribution in [3.8, 4) is 0 Å². The van der Waals surface area contributed by atoms with Crippen molar-refractivity contribution in [1.29, 1.82) is 0 Å². The van der Waals surface area contributed by atoms with Crippen molar-refractivity contribution < 1.29 is 0 Å². The standard InChI is InChI=1S/C19H26N2/c1-13-11-15(3)18(12-14(13)2)19(20-4)16-7-9-17(10-8-16)21(5)6/h7-12,19-20H,1-6H3. The van der Waals surface area contributed by atoms with Crippen LogP contribution in [0.15, 0.2) is 36.4 Å². The van der Waals surface area contributed by atoms with Gasteiger partial charge in [-0.3, -0.25) is 0 Å². The first-order valence-corrected chi connectivity index (χ1v) is 7.46. The molecule has 0 saturated heterocycles. The second-order valence-electron chi connectivity index (χ2n) is 6.00. The van der Waals surface area contributed by atoms with Gasteiger partial charge in [-0.15, -0.1) is 0 Å². The normalized spacial score (nSPS) is 12.3. The van der Waals surface area contributed by atoms with Crippen molar-refractivity contribution >= 4 is 5.69 Å². The minimum Gasteiger partial charge on any atom is -0.378 e. The number of hydrogen-bond acceptors (Lipinski definition) is 2. The molecule has 2 rings (SSSR count). The van der Waals surface area contributed by atoms with Crippen molar-refractivity contribution in [2.45, 2.75) is 26.8 Å². The molecule has 0 bridgehead atoms. The average Bonchev–Trinajstić information content (AvgIpc) is 2.45. The molecule has 1 N–H and O–H groups in total. The zero-order valence-electron chi connectivity index (χ0n) is 14.0. The van der Waals surface area contributed by atoms with E-state index in [1.54, 1.807) is 0 Å². The monoisotopic (exact) mass is 282 g/mol. The zero-order chi connectivity index (χ0) is 15.6. The minimum atomic E-state index is 0.237. The molecule has 0 fully saturated rings. The van der Waals surface area contributed by atoms with E-state index in [1.165, 1.54) is 33.5 Å². The van der Waals surface area contributed by atoms with Crippen molar-refractivity contribution in [3.63, 3.8) is 0 Å². The number of hydrogen-bond donors (Lipinski definition) is 1. The fourth-order valence-electron chi connectivity index (χ4n) is 2.76. The zero-order valence-corrected chi connectivity index (χ0v) is 14.0. The van der Waals surface area contributed by atoms with Crippen molar-refractivity contribution in [2.75, 3.05) is 26.0 Å². The summed E-state index contributed by atoms with van der Waals surface area (Å²) in [5.74, 6) is 0. The highest BCUT2D eigenvalue weighted by molar-refractivity contribution is 5.49. The Hall–Kier alpha value is -1.80. The van der Waals surface area contributed by atoms with E-state index in [2.05, 4.69) is 81.5 Å². The van der Waals surface area contributed by atoms with Gasteiger partial charge in [-0.05, 0) is 67.8 Å². The fourth-order valence-corrected chi connectivity index (χ4v) is 2.76. The smallest absolute Gasteiger partial charge is 0.0577 e. The summed E-state index contributed by atoms with van der Waals surface area (Å²) < 4.78 is 0. The van der Waals surface area contributed by atoms with Gasteiger partial charge in [0.25, 0.3) is 0 Å². The fraction of sp³-hybridized carbons (Fsp3) is 0.368. The lowest BCUT2D eigenvalue weighted by atomic mass is 9.91. The Bertz CT molecular complexity index is 612. The molecule has 2 heteroatoms. The van der Waals surface area contributed by atoms with Crippen molar-refractivity contribution in [2.24, 2.45) is 0 Å². The van der Waals surface area contributed by atoms with Gasteiger partial charge in [0.05, 0.1) is 6.04 Å². The van der Waals surface area contributed by atoms with Gasteiger partial charge >= 0.3 is 0 Å². The molecule has 0 aromatic heterocycles. The molecule has 0 amide bonds. The van der Waals surface area contributed by atoms with Gasteiger partial charge in [-0.1, -0.05) is 24.3 Å². The molecule has 2 nitrogen and oxygen atoms in total. The number of anilines is 1. The maximum Gasteiger partial charge on any atom is 0.0577 e. The third kappa shape index (κ3) is 3.27. The number of benzene rings is 2. The van der Waals surface area contributed by atoms with Gasteiger partial charge in [-0.25, -0.2) is 0 Å². The topological polar surface area (TPSA) is 15.3 Å². The van der Waals surface area contributed by atoms with E-state index in [9.17, 15) is 0 Å². The predicted octanol–water partition coefficient (Wildman–Crippen LogP) is 3.99. The van der Waals surface area contributed by atoms with Crippen LogP contribution >= 0.6 is 0 Å². The van der Waals surface area contributed by atoms with Crippen molar-refractivity contribution in [3.05, 3.63) is 64.2 Å². The van der Waals surface area contributed by atoms with Gasteiger partial charge in [0.15, 0.2) is 0 Å². The van der Waals surface area contributed by atoms with Crippen LogP contribution in [0.3, 0.4) is 0 Å². The molecule has 2 aromatic carbocycles. The maximum atomic E-state index is 3.46. The second-order valence-corrected chi connectivity index (χ2v) is 6.00. The second kappa shape index (κ2) is 6.31. The number of nitrogens with zero attached hydrogens (tertiary/aromatic N) is 1. The van der Waals surface area contributed by atoms with Crippen LogP contribution in [0.1, 0.15) is 33.9 Å². The molecule has 112 valence electrons. The Balaban J connectivity index is 2.42. The van der Waals surface area contributed by atoms with Crippen LogP contribution in [-0.4, -0.2) is 21.1 Å². The van der Waals surface area contributed by atoms with Crippen LogP contribution in [0.5, 0.6) is 0 Å².